The lowest BCUT2D eigenvalue weighted by molar-refractivity contribution is -0.164. The van der Waals surface area contributed by atoms with Crippen molar-refractivity contribution in [1.82, 2.24) is 19.9 Å². The number of fused-ring (bicyclic) bond motifs is 1. The van der Waals surface area contributed by atoms with Crippen LogP contribution in [0.15, 0.2) is 18.6 Å². The second-order valence-corrected chi connectivity index (χ2v) is 6.15. The molecule has 0 aromatic carbocycles. The second kappa shape index (κ2) is 4.95. The summed E-state index contributed by atoms with van der Waals surface area (Å²) in [5.74, 6) is 1.04. The molecule has 2 aromatic heterocycles. The lowest BCUT2D eigenvalue weighted by Crippen LogP contribution is -2.57. The van der Waals surface area contributed by atoms with Crippen LogP contribution < -0.4 is 4.90 Å². The number of hydrogen-bond acceptors (Lipinski definition) is 5. The van der Waals surface area contributed by atoms with Crippen molar-refractivity contribution in [3.8, 4) is 0 Å². The summed E-state index contributed by atoms with van der Waals surface area (Å²) in [6.45, 7) is 2.63. The molecule has 0 unspecified atom stereocenters. The summed E-state index contributed by atoms with van der Waals surface area (Å²) in [6, 6.07) is 2.01. The number of aromatic amines is 1. The van der Waals surface area contributed by atoms with Crippen LogP contribution in [-0.2, 0) is 9.53 Å². The van der Waals surface area contributed by atoms with Crippen LogP contribution in [0, 0.1) is 0 Å². The molecule has 0 saturated carbocycles. The second-order valence-electron chi connectivity index (χ2n) is 6.15. The molecule has 2 saturated heterocycles. The minimum absolute atomic E-state index is 0.0675. The summed E-state index contributed by atoms with van der Waals surface area (Å²) in [6.07, 6.45) is 5.29. The van der Waals surface area contributed by atoms with E-state index in [9.17, 15) is 4.79 Å². The van der Waals surface area contributed by atoms with Crippen molar-refractivity contribution in [1.29, 1.82) is 0 Å². The van der Waals surface area contributed by atoms with Crippen molar-refractivity contribution in [3.63, 3.8) is 0 Å². The van der Waals surface area contributed by atoms with Crippen LogP contribution >= 0.6 is 0 Å². The van der Waals surface area contributed by atoms with Gasteiger partial charge in [0.2, 0.25) is 5.91 Å². The first-order valence-electron chi connectivity index (χ1n) is 7.58. The van der Waals surface area contributed by atoms with E-state index in [4.69, 9.17) is 4.74 Å². The summed E-state index contributed by atoms with van der Waals surface area (Å²) in [4.78, 5) is 27.5. The van der Waals surface area contributed by atoms with E-state index in [0.29, 0.717) is 6.54 Å². The van der Waals surface area contributed by atoms with Gasteiger partial charge in [0.25, 0.3) is 0 Å². The highest BCUT2D eigenvalue weighted by Gasteiger charge is 2.41. The summed E-state index contributed by atoms with van der Waals surface area (Å²) >= 11 is 0. The Kier molecular flexibility index (Phi) is 3.04. The molecule has 0 atom stereocenters. The van der Waals surface area contributed by atoms with E-state index >= 15 is 0 Å². The van der Waals surface area contributed by atoms with Crippen LogP contribution in [0.3, 0.4) is 0 Å². The Morgan fingerprint density at radius 3 is 2.91 bits per heavy atom. The minimum atomic E-state index is -0.191. The van der Waals surface area contributed by atoms with Gasteiger partial charge in [0.15, 0.2) is 0 Å². The number of carbonyl (C=O) groups is 1. The Hall–Kier alpha value is -2.15. The highest BCUT2D eigenvalue weighted by Crippen LogP contribution is 2.33. The fourth-order valence-corrected chi connectivity index (χ4v) is 3.43. The molecule has 0 bridgehead atoms. The molecule has 4 rings (SSSR count). The molecule has 1 spiro atoms. The SMILES string of the molecule is CN1CC2(CCN(c3ncnc4[nH]ccc34)CC2)OCC1=O. The Morgan fingerprint density at radius 1 is 1.32 bits per heavy atom. The molecule has 2 aliphatic rings. The monoisotopic (exact) mass is 301 g/mol. The maximum Gasteiger partial charge on any atom is 0.248 e. The van der Waals surface area contributed by atoms with Crippen LogP contribution in [0.1, 0.15) is 12.8 Å². The largest absolute Gasteiger partial charge is 0.363 e. The van der Waals surface area contributed by atoms with Crippen LogP contribution in [0.5, 0.6) is 0 Å². The number of morpholine rings is 1. The molecule has 1 amide bonds. The van der Waals surface area contributed by atoms with Crippen molar-refractivity contribution in [3.05, 3.63) is 18.6 Å². The van der Waals surface area contributed by atoms with Crippen molar-refractivity contribution in [2.45, 2.75) is 18.4 Å². The highest BCUT2D eigenvalue weighted by atomic mass is 16.5. The normalized spacial score (nSPS) is 21.8. The molecule has 1 N–H and O–H groups in total. The standard InChI is InChI=1S/C15H19N5O2/c1-19-9-15(22-8-12(19)21)3-6-20(7-4-15)14-11-2-5-16-13(11)17-10-18-14/h2,5,10H,3-4,6-9H2,1H3,(H,16,17,18). The Morgan fingerprint density at radius 2 is 2.14 bits per heavy atom. The van der Waals surface area contributed by atoms with Crippen molar-refractivity contribution in [2.24, 2.45) is 0 Å². The third kappa shape index (κ3) is 2.12. The number of hydrogen-bond donors (Lipinski definition) is 1. The number of piperidine rings is 1. The van der Waals surface area contributed by atoms with Gasteiger partial charge in [0.1, 0.15) is 24.4 Å². The van der Waals surface area contributed by atoms with Crippen LogP contribution in [-0.4, -0.2) is 64.6 Å². The third-order valence-electron chi connectivity index (χ3n) is 4.76. The van der Waals surface area contributed by atoms with Crippen LogP contribution in [0.4, 0.5) is 5.82 Å². The first-order valence-corrected chi connectivity index (χ1v) is 7.58. The first kappa shape index (κ1) is 13.5. The molecule has 0 radical (unpaired) electrons. The number of rotatable bonds is 1. The fraction of sp³-hybridized carbons (Fsp3) is 0.533. The molecule has 2 aliphatic heterocycles. The zero-order valence-electron chi connectivity index (χ0n) is 12.6. The Bertz CT molecular complexity index is 705. The molecule has 2 fully saturated rings. The zero-order chi connectivity index (χ0) is 15.2. The number of ether oxygens (including phenoxy) is 1. The van der Waals surface area contributed by atoms with E-state index in [-0.39, 0.29) is 18.1 Å². The lowest BCUT2D eigenvalue weighted by Gasteiger charge is -2.46. The van der Waals surface area contributed by atoms with Gasteiger partial charge in [-0.25, -0.2) is 9.97 Å². The van der Waals surface area contributed by atoms with E-state index < -0.39 is 0 Å². The maximum atomic E-state index is 11.6. The number of nitrogens with zero attached hydrogens (tertiary/aromatic N) is 4. The van der Waals surface area contributed by atoms with Crippen LogP contribution in [0.25, 0.3) is 11.0 Å². The zero-order valence-corrected chi connectivity index (χ0v) is 12.6. The van der Waals surface area contributed by atoms with E-state index in [1.165, 1.54) is 0 Å². The van der Waals surface area contributed by atoms with Crippen LogP contribution in [0.2, 0.25) is 0 Å². The number of aromatic nitrogens is 3. The summed E-state index contributed by atoms with van der Waals surface area (Å²) in [5.41, 5.74) is 0.674. The quantitative estimate of drug-likeness (QED) is 0.843. The molecule has 7 heteroatoms. The molecule has 22 heavy (non-hydrogen) atoms. The average Bonchev–Trinajstić information content (AvgIpc) is 3.01. The molecular weight excluding hydrogens is 282 g/mol. The Labute approximate surface area is 128 Å². The number of likely N-dealkylation sites (N-methyl/N-ethyl adjacent to an activating group) is 1. The number of H-pyrrole nitrogens is 1. The predicted octanol–water partition coefficient (Wildman–Crippen LogP) is 0.785. The minimum Gasteiger partial charge on any atom is -0.363 e. The summed E-state index contributed by atoms with van der Waals surface area (Å²) in [7, 11) is 1.85. The number of anilines is 1. The van der Waals surface area contributed by atoms with Gasteiger partial charge < -0.3 is 19.5 Å². The lowest BCUT2D eigenvalue weighted by atomic mass is 9.89. The van der Waals surface area contributed by atoms with Gasteiger partial charge in [-0.3, -0.25) is 4.79 Å². The third-order valence-corrected chi connectivity index (χ3v) is 4.76. The van der Waals surface area contributed by atoms with E-state index in [0.717, 1.165) is 42.8 Å². The molecule has 0 aliphatic carbocycles. The smallest absolute Gasteiger partial charge is 0.248 e. The summed E-state index contributed by atoms with van der Waals surface area (Å²) in [5, 5.41) is 1.05. The van der Waals surface area contributed by atoms with Gasteiger partial charge in [-0.1, -0.05) is 0 Å². The maximum absolute atomic E-state index is 11.6. The highest BCUT2D eigenvalue weighted by molar-refractivity contribution is 5.87. The fourth-order valence-electron chi connectivity index (χ4n) is 3.43. The topological polar surface area (TPSA) is 74.3 Å². The van der Waals surface area contributed by atoms with Gasteiger partial charge in [0.05, 0.1) is 11.0 Å². The molecule has 4 heterocycles. The van der Waals surface area contributed by atoms with Crippen molar-refractivity contribution < 1.29 is 9.53 Å². The molecular formula is C15H19N5O2. The van der Waals surface area contributed by atoms with Crippen molar-refractivity contribution in [2.75, 3.05) is 38.2 Å². The van der Waals surface area contributed by atoms with E-state index in [1.54, 1.807) is 11.2 Å². The number of amides is 1. The summed E-state index contributed by atoms with van der Waals surface area (Å²) < 4.78 is 5.89. The number of carbonyl (C=O) groups excluding carboxylic acids is 1. The number of nitrogens with one attached hydrogen (secondary N) is 1. The van der Waals surface area contributed by atoms with Gasteiger partial charge in [0, 0.05) is 32.9 Å². The average molecular weight is 301 g/mol. The first-order chi connectivity index (χ1) is 10.7. The van der Waals surface area contributed by atoms with Crippen molar-refractivity contribution >= 4 is 22.8 Å². The van der Waals surface area contributed by atoms with E-state index in [1.807, 2.05) is 19.3 Å². The molecule has 116 valence electrons. The Balaban J connectivity index is 1.52. The van der Waals surface area contributed by atoms with E-state index in [2.05, 4.69) is 19.9 Å². The molecule has 2 aromatic rings. The predicted molar refractivity (Wildman–Crippen MR) is 81.7 cm³/mol. The van der Waals surface area contributed by atoms with Gasteiger partial charge in [-0.15, -0.1) is 0 Å². The molecule has 7 nitrogen and oxygen atoms in total. The van der Waals surface area contributed by atoms with Gasteiger partial charge in [-0.05, 0) is 18.9 Å². The van der Waals surface area contributed by atoms with Gasteiger partial charge >= 0.3 is 0 Å². The van der Waals surface area contributed by atoms with Gasteiger partial charge in [-0.2, -0.15) is 0 Å².